The van der Waals surface area contributed by atoms with Crippen molar-refractivity contribution in [3.05, 3.63) is 48.2 Å². The third-order valence-corrected chi connectivity index (χ3v) is 4.17. The Kier molecular flexibility index (Phi) is 5.71. The van der Waals surface area contributed by atoms with Gasteiger partial charge in [0.15, 0.2) is 11.6 Å². The number of aromatic nitrogens is 2. The summed E-state index contributed by atoms with van der Waals surface area (Å²) in [4.78, 5) is 11.1. The lowest BCUT2D eigenvalue weighted by atomic mass is 9.96. The average Bonchev–Trinajstić information content (AvgIpc) is 2.54. The van der Waals surface area contributed by atoms with Crippen molar-refractivity contribution in [2.45, 2.75) is 39.3 Å². The van der Waals surface area contributed by atoms with Crippen LogP contribution in [0.2, 0.25) is 0 Å². The van der Waals surface area contributed by atoms with Gasteiger partial charge >= 0.3 is 0 Å². The molecule has 3 rings (SSSR count). The van der Waals surface area contributed by atoms with Crippen LogP contribution in [0.25, 0.3) is 0 Å². The molecule has 1 saturated heterocycles. The summed E-state index contributed by atoms with van der Waals surface area (Å²) in [5, 5.41) is 0. The maximum atomic E-state index is 13.5. The summed E-state index contributed by atoms with van der Waals surface area (Å²) < 4.78 is 24.9. The maximum Gasteiger partial charge on any atom is 0.237 e. The minimum Gasteiger partial charge on any atom is -0.491 e. The first kappa shape index (κ1) is 18.6. The summed E-state index contributed by atoms with van der Waals surface area (Å²) in [5.74, 6) is 1.18. The van der Waals surface area contributed by atoms with E-state index in [0.29, 0.717) is 24.2 Å². The fraction of sp³-hybridized carbons (Fsp3) is 0.500. The van der Waals surface area contributed by atoms with Crippen LogP contribution < -0.4 is 9.47 Å². The Morgan fingerprint density at radius 3 is 2.62 bits per heavy atom. The standard InChI is InChI=1S/C20H26FN3O2/c1-20(2,3)26-19-17(22-9-10-23-19)14-24-12-15(13-24)8-11-25-18-7-5-4-6-16(18)21/h4-7,9-10,15H,8,11-14H2,1-3H3. The van der Waals surface area contributed by atoms with E-state index in [-0.39, 0.29) is 11.4 Å². The van der Waals surface area contributed by atoms with Gasteiger partial charge in [0.05, 0.1) is 6.61 Å². The molecule has 6 heteroatoms. The Bertz CT molecular complexity index is 727. The predicted octanol–water partition coefficient (Wildman–Crippen LogP) is 3.69. The van der Waals surface area contributed by atoms with Gasteiger partial charge in [0.1, 0.15) is 11.3 Å². The predicted molar refractivity (Wildman–Crippen MR) is 97.7 cm³/mol. The number of hydrogen-bond acceptors (Lipinski definition) is 5. The molecule has 2 heterocycles. The van der Waals surface area contributed by atoms with Gasteiger partial charge in [-0.05, 0) is 45.2 Å². The minimum absolute atomic E-state index is 0.299. The van der Waals surface area contributed by atoms with Crippen molar-refractivity contribution in [1.82, 2.24) is 14.9 Å². The highest BCUT2D eigenvalue weighted by molar-refractivity contribution is 5.23. The molecule has 0 unspecified atom stereocenters. The van der Waals surface area contributed by atoms with E-state index < -0.39 is 0 Å². The fourth-order valence-electron chi connectivity index (χ4n) is 2.94. The smallest absolute Gasteiger partial charge is 0.237 e. The molecule has 26 heavy (non-hydrogen) atoms. The number of rotatable bonds is 7. The first-order valence-electron chi connectivity index (χ1n) is 8.99. The summed E-state index contributed by atoms with van der Waals surface area (Å²) in [6, 6.07) is 6.52. The molecule has 5 nitrogen and oxygen atoms in total. The average molecular weight is 359 g/mol. The van der Waals surface area contributed by atoms with E-state index in [9.17, 15) is 4.39 Å². The zero-order valence-corrected chi connectivity index (χ0v) is 15.6. The number of ether oxygens (including phenoxy) is 2. The van der Waals surface area contributed by atoms with E-state index in [1.807, 2.05) is 20.8 Å². The second-order valence-electron chi connectivity index (χ2n) is 7.65. The molecule has 1 aromatic carbocycles. The van der Waals surface area contributed by atoms with Crippen LogP contribution in [0.15, 0.2) is 36.7 Å². The third kappa shape index (κ3) is 5.14. The van der Waals surface area contributed by atoms with Crippen LogP contribution in [0.5, 0.6) is 11.6 Å². The Morgan fingerprint density at radius 2 is 1.88 bits per heavy atom. The molecule has 0 radical (unpaired) electrons. The molecule has 140 valence electrons. The van der Waals surface area contributed by atoms with Crippen LogP contribution in [0, 0.1) is 11.7 Å². The fourth-order valence-corrected chi connectivity index (χ4v) is 2.94. The van der Waals surface area contributed by atoms with Crippen molar-refractivity contribution in [3.8, 4) is 11.6 Å². The third-order valence-electron chi connectivity index (χ3n) is 4.17. The second-order valence-corrected chi connectivity index (χ2v) is 7.65. The van der Waals surface area contributed by atoms with E-state index in [2.05, 4.69) is 14.9 Å². The lowest BCUT2D eigenvalue weighted by Crippen LogP contribution is -2.46. The molecular weight excluding hydrogens is 333 g/mol. The van der Waals surface area contributed by atoms with Crippen molar-refractivity contribution >= 4 is 0 Å². The van der Waals surface area contributed by atoms with Crippen LogP contribution in [-0.2, 0) is 6.54 Å². The zero-order valence-electron chi connectivity index (χ0n) is 15.6. The lowest BCUT2D eigenvalue weighted by Gasteiger charge is -2.39. The van der Waals surface area contributed by atoms with Crippen molar-refractivity contribution in [1.29, 1.82) is 0 Å². The first-order valence-corrected chi connectivity index (χ1v) is 8.99. The molecule has 1 aromatic heterocycles. The van der Waals surface area contributed by atoms with Crippen LogP contribution in [0.4, 0.5) is 4.39 Å². The summed E-state index contributed by atoms with van der Waals surface area (Å²) in [6.45, 7) is 9.22. The van der Waals surface area contributed by atoms with Gasteiger partial charge in [-0.15, -0.1) is 0 Å². The van der Waals surface area contributed by atoms with Crippen LogP contribution in [-0.4, -0.2) is 40.2 Å². The van der Waals surface area contributed by atoms with E-state index >= 15 is 0 Å². The van der Waals surface area contributed by atoms with E-state index in [4.69, 9.17) is 9.47 Å². The monoisotopic (exact) mass is 359 g/mol. The molecule has 1 aliphatic heterocycles. The van der Waals surface area contributed by atoms with E-state index in [0.717, 1.165) is 31.7 Å². The Morgan fingerprint density at radius 1 is 1.15 bits per heavy atom. The molecule has 2 aromatic rings. The van der Waals surface area contributed by atoms with Gasteiger partial charge in [-0.25, -0.2) is 9.37 Å². The molecule has 1 fully saturated rings. The number of para-hydroxylation sites is 1. The van der Waals surface area contributed by atoms with E-state index in [1.165, 1.54) is 6.07 Å². The second kappa shape index (κ2) is 7.99. The van der Waals surface area contributed by atoms with Gasteiger partial charge < -0.3 is 9.47 Å². The van der Waals surface area contributed by atoms with Crippen molar-refractivity contribution in [3.63, 3.8) is 0 Å². The molecule has 0 spiro atoms. The van der Waals surface area contributed by atoms with E-state index in [1.54, 1.807) is 30.6 Å². The molecule has 0 saturated carbocycles. The van der Waals surface area contributed by atoms with Gasteiger partial charge in [-0.1, -0.05) is 12.1 Å². The lowest BCUT2D eigenvalue weighted by molar-refractivity contribution is 0.0685. The maximum absolute atomic E-state index is 13.5. The quantitative estimate of drug-likeness (QED) is 0.754. The van der Waals surface area contributed by atoms with Gasteiger partial charge in [0.25, 0.3) is 0 Å². The summed E-state index contributed by atoms with van der Waals surface area (Å²) in [7, 11) is 0. The summed E-state index contributed by atoms with van der Waals surface area (Å²) in [6.07, 6.45) is 4.27. The molecule has 0 amide bonds. The van der Waals surface area contributed by atoms with Gasteiger partial charge in [-0.2, -0.15) is 0 Å². The number of likely N-dealkylation sites (tertiary alicyclic amines) is 1. The molecule has 0 bridgehead atoms. The molecule has 0 N–H and O–H groups in total. The van der Waals surface area contributed by atoms with Crippen molar-refractivity contribution in [2.24, 2.45) is 5.92 Å². The largest absolute Gasteiger partial charge is 0.491 e. The number of hydrogen-bond donors (Lipinski definition) is 0. The Labute approximate surface area is 154 Å². The van der Waals surface area contributed by atoms with Crippen LogP contribution in [0.1, 0.15) is 32.9 Å². The normalized spacial score (nSPS) is 15.5. The summed E-state index contributed by atoms with van der Waals surface area (Å²) >= 11 is 0. The molecule has 1 aliphatic rings. The Hall–Kier alpha value is -2.21. The highest BCUT2D eigenvalue weighted by atomic mass is 19.1. The highest BCUT2D eigenvalue weighted by Gasteiger charge is 2.28. The summed E-state index contributed by atoms with van der Waals surface area (Å²) in [5.41, 5.74) is 0.565. The molecule has 0 aliphatic carbocycles. The number of nitrogens with zero attached hydrogens (tertiary/aromatic N) is 3. The van der Waals surface area contributed by atoms with Crippen LogP contribution >= 0.6 is 0 Å². The zero-order chi connectivity index (χ0) is 18.6. The molecule has 0 atom stereocenters. The highest BCUT2D eigenvalue weighted by Crippen LogP contribution is 2.25. The topological polar surface area (TPSA) is 47.5 Å². The van der Waals surface area contributed by atoms with Gasteiger partial charge in [0, 0.05) is 32.0 Å². The Balaban J connectivity index is 1.43. The van der Waals surface area contributed by atoms with Gasteiger partial charge in [0.2, 0.25) is 5.88 Å². The van der Waals surface area contributed by atoms with Crippen LogP contribution in [0.3, 0.4) is 0 Å². The minimum atomic E-state index is -0.309. The number of benzene rings is 1. The van der Waals surface area contributed by atoms with Gasteiger partial charge in [-0.3, -0.25) is 9.88 Å². The van der Waals surface area contributed by atoms with Crippen molar-refractivity contribution in [2.75, 3.05) is 19.7 Å². The SMILES string of the molecule is CC(C)(C)Oc1nccnc1CN1CC(CCOc2ccccc2F)C1. The molecular formula is C20H26FN3O2. The van der Waals surface area contributed by atoms with Crippen molar-refractivity contribution < 1.29 is 13.9 Å². The number of halogens is 1. The first-order chi connectivity index (χ1) is 12.4.